The summed E-state index contributed by atoms with van der Waals surface area (Å²) in [6, 6.07) is 4.22. The maximum absolute atomic E-state index is 12.0. The van der Waals surface area contributed by atoms with E-state index in [1.165, 1.54) is 14.1 Å². The smallest absolute Gasteiger partial charge is 0.340 e. The van der Waals surface area contributed by atoms with Gasteiger partial charge >= 0.3 is 11.7 Å². The average molecular weight is 397 g/mol. The van der Waals surface area contributed by atoms with Crippen molar-refractivity contribution in [2.45, 2.75) is 0 Å². The van der Waals surface area contributed by atoms with Crippen LogP contribution in [-0.4, -0.2) is 32.5 Å². The molecule has 0 spiro atoms. The van der Waals surface area contributed by atoms with Crippen LogP contribution < -0.4 is 16.6 Å². The normalized spacial score (nSPS) is 10.3. The predicted molar refractivity (Wildman–Crippen MR) is 93.9 cm³/mol. The molecule has 2 aromatic rings. The van der Waals surface area contributed by atoms with Crippen LogP contribution in [0.3, 0.4) is 0 Å². The third kappa shape index (κ3) is 4.39. The minimum absolute atomic E-state index is 0.0834. The van der Waals surface area contributed by atoms with Crippen LogP contribution in [0, 0.1) is 10.1 Å². The predicted octanol–water partition coefficient (Wildman–Crippen LogP) is 0.441. The van der Waals surface area contributed by atoms with Gasteiger partial charge in [0.25, 0.3) is 17.2 Å². The quantitative estimate of drug-likeness (QED) is 0.438. The molecule has 0 radical (unpaired) electrons. The van der Waals surface area contributed by atoms with Crippen molar-refractivity contribution in [3.63, 3.8) is 0 Å². The summed E-state index contributed by atoms with van der Waals surface area (Å²) in [4.78, 5) is 57.4. The Hall–Kier alpha value is -3.47. The van der Waals surface area contributed by atoms with E-state index < -0.39 is 34.7 Å². The van der Waals surface area contributed by atoms with Crippen molar-refractivity contribution in [1.82, 2.24) is 9.13 Å². The molecule has 0 saturated carbocycles. The number of hydrogen-bond donors (Lipinski definition) is 1. The molecular weight excluding hydrogens is 384 g/mol. The van der Waals surface area contributed by atoms with Crippen molar-refractivity contribution in [1.29, 1.82) is 0 Å². The molecule has 1 N–H and O–H groups in total. The molecule has 1 amide bonds. The number of halogens is 1. The second-order valence-corrected chi connectivity index (χ2v) is 5.72. The van der Waals surface area contributed by atoms with Crippen LogP contribution in [0.15, 0.2) is 33.9 Å². The number of anilines is 1. The van der Waals surface area contributed by atoms with Crippen molar-refractivity contribution >= 4 is 35.0 Å². The Morgan fingerprint density at radius 1 is 1.22 bits per heavy atom. The molecule has 0 atom stereocenters. The van der Waals surface area contributed by atoms with Gasteiger partial charge in [-0.25, -0.2) is 9.59 Å². The van der Waals surface area contributed by atoms with Crippen molar-refractivity contribution in [2.24, 2.45) is 14.1 Å². The Bertz CT molecular complexity index is 1060. The van der Waals surface area contributed by atoms with Gasteiger partial charge in [-0.1, -0.05) is 11.6 Å². The Kier molecular flexibility index (Phi) is 5.75. The molecular formula is C15H13ClN4O7. The second-order valence-electron chi connectivity index (χ2n) is 5.31. The maximum Gasteiger partial charge on any atom is 0.340 e. The van der Waals surface area contributed by atoms with Crippen molar-refractivity contribution < 1.29 is 19.2 Å². The van der Waals surface area contributed by atoms with E-state index in [-0.39, 0.29) is 22.1 Å². The number of nitrogens with one attached hydrogen (secondary N) is 1. The van der Waals surface area contributed by atoms with Crippen LogP contribution in [0.2, 0.25) is 5.02 Å². The first kappa shape index (κ1) is 19.8. The molecule has 2 rings (SSSR count). The number of rotatable bonds is 5. The summed E-state index contributed by atoms with van der Waals surface area (Å²) in [6.07, 6.45) is 0. The Labute approximate surface area is 155 Å². The molecule has 1 aromatic heterocycles. The second kappa shape index (κ2) is 7.83. The SMILES string of the molecule is Cn1c(NC(=O)COC(=O)c2cc([N+](=O)[O-])ccc2Cl)cc(=O)n(C)c1=O. The number of carbonyl (C=O) groups is 2. The third-order valence-corrected chi connectivity index (χ3v) is 3.84. The average Bonchev–Trinajstić information content (AvgIpc) is 2.62. The minimum atomic E-state index is -1.04. The summed E-state index contributed by atoms with van der Waals surface area (Å²) in [5.41, 5.74) is -1.93. The molecule has 0 bridgehead atoms. The summed E-state index contributed by atoms with van der Waals surface area (Å²) >= 11 is 5.81. The number of non-ortho nitro benzene ring substituents is 1. The Morgan fingerprint density at radius 2 is 1.89 bits per heavy atom. The van der Waals surface area contributed by atoms with Crippen molar-refractivity contribution in [3.8, 4) is 0 Å². The number of nitro benzene ring substituents is 1. The van der Waals surface area contributed by atoms with E-state index in [4.69, 9.17) is 16.3 Å². The number of hydrogen-bond acceptors (Lipinski definition) is 7. The van der Waals surface area contributed by atoms with Gasteiger partial charge in [-0.2, -0.15) is 0 Å². The van der Waals surface area contributed by atoms with E-state index >= 15 is 0 Å². The lowest BCUT2D eigenvalue weighted by Gasteiger charge is -2.11. The van der Waals surface area contributed by atoms with E-state index in [0.717, 1.165) is 33.4 Å². The fourth-order valence-electron chi connectivity index (χ4n) is 2.02. The molecule has 0 unspecified atom stereocenters. The van der Waals surface area contributed by atoms with Gasteiger partial charge in [0, 0.05) is 32.3 Å². The van der Waals surface area contributed by atoms with Crippen LogP contribution in [0.25, 0.3) is 0 Å². The molecule has 1 heterocycles. The van der Waals surface area contributed by atoms with Gasteiger partial charge < -0.3 is 10.1 Å². The topological polar surface area (TPSA) is 143 Å². The number of benzene rings is 1. The fourth-order valence-corrected chi connectivity index (χ4v) is 2.22. The van der Waals surface area contributed by atoms with Gasteiger partial charge in [0.2, 0.25) is 0 Å². The fraction of sp³-hybridized carbons (Fsp3) is 0.200. The summed E-state index contributed by atoms with van der Waals surface area (Å²) in [7, 11) is 2.62. The van der Waals surface area contributed by atoms with Crippen LogP contribution in [0.5, 0.6) is 0 Å². The molecule has 0 fully saturated rings. The van der Waals surface area contributed by atoms with Crippen molar-refractivity contribution in [2.75, 3.05) is 11.9 Å². The molecule has 0 aliphatic rings. The highest BCUT2D eigenvalue weighted by Crippen LogP contribution is 2.22. The molecule has 0 aliphatic carbocycles. The van der Waals surface area contributed by atoms with E-state index in [2.05, 4.69) is 5.32 Å². The van der Waals surface area contributed by atoms with Gasteiger partial charge in [-0.05, 0) is 6.07 Å². The van der Waals surface area contributed by atoms with Gasteiger partial charge in [0.15, 0.2) is 6.61 Å². The highest BCUT2D eigenvalue weighted by molar-refractivity contribution is 6.33. The lowest BCUT2D eigenvalue weighted by Crippen LogP contribution is -2.38. The lowest BCUT2D eigenvalue weighted by atomic mass is 10.2. The number of nitro groups is 1. The standard InChI is InChI=1S/C15H13ClN4O7/c1-18-11(6-13(22)19(2)15(18)24)17-12(21)7-27-14(23)9-5-8(20(25)26)3-4-10(9)16/h3-6H,7H2,1-2H3,(H,17,21). The Morgan fingerprint density at radius 3 is 2.52 bits per heavy atom. The van der Waals surface area contributed by atoms with E-state index in [0.29, 0.717) is 0 Å². The van der Waals surface area contributed by atoms with Crippen molar-refractivity contribution in [3.05, 3.63) is 65.8 Å². The van der Waals surface area contributed by atoms with Crippen LogP contribution >= 0.6 is 11.6 Å². The maximum atomic E-state index is 12.0. The molecule has 11 nitrogen and oxygen atoms in total. The van der Waals surface area contributed by atoms with Crippen LogP contribution in [0.1, 0.15) is 10.4 Å². The molecule has 0 aliphatic heterocycles. The molecule has 1 aromatic carbocycles. The highest BCUT2D eigenvalue weighted by atomic mass is 35.5. The number of ether oxygens (including phenoxy) is 1. The summed E-state index contributed by atoms with van der Waals surface area (Å²) < 4.78 is 6.65. The van der Waals surface area contributed by atoms with Gasteiger partial charge in [0.05, 0.1) is 15.5 Å². The Balaban J connectivity index is 2.10. The summed E-state index contributed by atoms with van der Waals surface area (Å²) in [5, 5.41) is 12.9. The third-order valence-electron chi connectivity index (χ3n) is 3.51. The first-order valence-electron chi connectivity index (χ1n) is 7.29. The number of aromatic nitrogens is 2. The number of carbonyl (C=O) groups excluding carboxylic acids is 2. The molecule has 0 saturated heterocycles. The molecule has 27 heavy (non-hydrogen) atoms. The lowest BCUT2D eigenvalue weighted by molar-refractivity contribution is -0.384. The monoisotopic (exact) mass is 396 g/mol. The summed E-state index contributed by atoms with van der Waals surface area (Å²) in [6.45, 7) is -0.763. The first-order valence-corrected chi connectivity index (χ1v) is 7.67. The van der Waals surface area contributed by atoms with Gasteiger partial charge in [0.1, 0.15) is 5.82 Å². The zero-order chi connectivity index (χ0) is 20.3. The van der Waals surface area contributed by atoms with E-state index in [9.17, 15) is 29.3 Å². The van der Waals surface area contributed by atoms with Gasteiger partial charge in [-0.15, -0.1) is 0 Å². The zero-order valence-corrected chi connectivity index (χ0v) is 14.8. The largest absolute Gasteiger partial charge is 0.452 e. The number of nitrogens with zero attached hydrogens (tertiary/aromatic N) is 3. The summed E-state index contributed by atoms with van der Waals surface area (Å²) in [5.74, 6) is -1.96. The molecule has 142 valence electrons. The minimum Gasteiger partial charge on any atom is -0.452 e. The van der Waals surface area contributed by atoms with E-state index in [1.54, 1.807) is 0 Å². The van der Waals surface area contributed by atoms with Gasteiger partial charge in [-0.3, -0.25) is 28.8 Å². The zero-order valence-electron chi connectivity index (χ0n) is 14.1. The molecule has 12 heteroatoms. The van der Waals surface area contributed by atoms with E-state index in [1.807, 2.05) is 0 Å². The first-order chi connectivity index (χ1) is 12.6. The number of esters is 1. The highest BCUT2D eigenvalue weighted by Gasteiger charge is 2.18. The van der Waals surface area contributed by atoms with Crippen LogP contribution in [-0.2, 0) is 23.6 Å². The number of amides is 1. The van der Waals surface area contributed by atoms with Crippen LogP contribution in [0.4, 0.5) is 11.5 Å².